The number of esters is 1. The number of amides is 1. The van der Waals surface area contributed by atoms with Gasteiger partial charge in [0.15, 0.2) is 5.17 Å². The normalized spacial score (nSPS) is 20.8. The van der Waals surface area contributed by atoms with Gasteiger partial charge in [0.25, 0.3) is 0 Å². The monoisotopic (exact) mass is 453 g/mol. The fourth-order valence-electron chi connectivity index (χ4n) is 4.47. The Morgan fingerprint density at radius 3 is 2.62 bits per heavy atom. The molecule has 1 fully saturated rings. The molecular weight excluding hydrogens is 422 g/mol. The second-order valence-electron chi connectivity index (χ2n) is 8.88. The number of thioether (sulfide) groups is 1. The highest BCUT2D eigenvalue weighted by atomic mass is 32.2. The fraction of sp³-hybridized carbons (Fsp3) is 0.480. The van der Waals surface area contributed by atoms with Gasteiger partial charge in [-0.2, -0.15) is 0 Å². The van der Waals surface area contributed by atoms with Gasteiger partial charge in [0.05, 0.1) is 29.8 Å². The van der Waals surface area contributed by atoms with Gasteiger partial charge >= 0.3 is 5.97 Å². The molecule has 0 saturated carbocycles. The molecule has 3 heterocycles. The van der Waals surface area contributed by atoms with Crippen molar-refractivity contribution < 1.29 is 14.3 Å². The van der Waals surface area contributed by atoms with Crippen molar-refractivity contribution in [1.29, 1.82) is 0 Å². The maximum atomic E-state index is 13.2. The highest BCUT2D eigenvalue weighted by Gasteiger charge is 2.41. The van der Waals surface area contributed by atoms with Gasteiger partial charge in [-0.05, 0) is 57.9 Å². The second kappa shape index (κ2) is 9.53. The number of likely N-dealkylation sites (tertiary alicyclic amines) is 1. The molecule has 1 amide bonds. The van der Waals surface area contributed by atoms with Crippen LogP contribution in [-0.4, -0.2) is 46.0 Å². The number of amidine groups is 1. The average molecular weight is 454 g/mol. The van der Waals surface area contributed by atoms with Gasteiger partial charge in [-0.25, -0.2) is 9.79 Å². The van der Waals surface area contributed by atoms with E-state index in [1.807, 2.05) is 56.2 Å². The van der Waals surface area contributed by atoms with E-state index in [-0.39, 0.29) is 24.0 Å². The molecule has 1 atom stereocenters. The number of carbonyl (C=O) groups excluding carboxylic acids is 2. The number of allylic oxidation sites excluding steroid dienone is 1. The van der Waals surface area contributed by atoms with Crippen LogP contribution in [0.1, 0.15) is 63.6 Å². The maximum Gasteiger partial charge on any atom is 0.338 e. The van der Waals surface area contributed by atoms with Crippen molar-refractivity contribution in [2.75, 3.05) is 13.1 Å². The Kier molecular flexibility index (Phi) is 6.74. The molecular formula is C25H31N3O3S. The Bertz CT molecular complexity index is 1010. The Balaban J connectivity index is 1.70. The van der Waals surface area contributed by atoms with Crippen LogP contribution in [0.2, 0.25) is 0 Å². The van der Waals surface area contributed by atoms with Crippen molar-refractivity contribution in [1.82, 2.24) is 9.80 Å². The Morgan fingerprint density at radius 2 is 1.94 bits per heavy atom. The molecule has 3 aliphatic rings. The zero-order valence-electron chi connectivity index (χ0n) is 19.3. The Morgan fingerprint density at radius 1 is 1.19 bits per heavy atom. The van der Waals surface area contributed by atoms with E-state index in [1.54, 1.807) is 0 Å². The van der Waals surface area contributed by atoms with Crippen LogP contribution in [0.15, 0.2) is 51.6 Å². The van der Waals surface area contributed by atoms with Crippen LogP contribution in [0.3, 0.4) is 0 Å². The van der Waals surface area contributed by atoms with E-state index in [0.717, 1.165) is 47.9 Å². The summed E-state index contributed by atoms with van der Waals surface area (Å²) in [6.45, 7) is 9.25. The zero-order chi connectivity index (χ0) is 22.8. The third-order valence-electron chi connectivity index (χ3n) is 5.96. The molecule has 32 heavy (non-hydrogen) atoms. The lowest BCUT2D eigenvalue weighted by molar-refractivity contribution is -0.143. The number of hydrogen-bond acceptors (Lipinski definition) is 6. The molecule has 1 aromatic rings. The number of nitrogens with zero attached hydrogens (tertiary/aromatic N) is 3. The molecule has 0 spiro atoms. The van der Waals surface area contributed by atoms with Crippen molar-refractivity contribution in [2.24, 2.45) is 4.99 Å². The molecule has 170 valence electrons. The van der Waals surface area contributed by atoms with E-state index in [2.05, 4.69) is 11.0 Å². The summed E-state index contributed by atoms with van der Waals surface area (Å²) in [7, 11) is 0. The second-order valence-corrected chi connectivity index (χ2v) is 9.72. The SMILES string of the molecule is CC1=C(C(=O)OC(C)C)[C@H](c2cccc(C)c2)N2C(CC(=O)N3CCCCC3)=CSC2=N1. The summed E-state index contributed by atoms with van der Waals surface area (Å²) in [4.78, 5) is 35.0. The molecule has 6 nitrogen and oxygen atoms in total. The number of carbonyl (C=O) groups is 2. The van der Waals surface area contributed by atoms with E-state index in [1.165, 1.54) is 18.2 Å². The standard InChI is InChI=1S/C25H31N3O3S/c1-16(2)31-24(30)22-18(4)26-25-28(23(22)19-10-8-9-17(3)13-19)20(15-32-25)14-21(29)27-11-6-5-7-12-27/h8-10,13,15-16,23H,5-7,11-12,14H2,1-4H3/t23-/m0/s1. The molecule has 3 aliphatic heterocycles. The number of hydrogen-bond donors (Lipinski definition) is 0. The summed E-state index contributed by atoms with van der Waals surface area (Å²) in [5, 5.41) is 2.81. The third-order valence-corrected chi connectivity index (χ3v) is 6.85. The van der Waals surface area contributed by atoms with Crippen molar-refractivity contribution in [3.05, 3.63) is 57.8 Å². The quantitative estimate of drug-likeness (QED) is 0.592. The van der Waals surface area contributed by atoms with Crippen LogP contribution < -0.4 is 0 Å². The Hall–Kier alpha value is -2.54. The van der Waals surface area contributed by atoms with E-state index in [4.69, 9.17) is 9.73 Å². The number of fused-ring (bicyclic) bond motifs is 1. The van der Waals surface area contributed by atoms with Gasteiger partial charge < -0.3 is 14.5 Å². The van der Waals surface area contributed by atoms with Crippen LogP contribution in [0, 0.1) is 6.92 Å². The van der Waals surface area contributed by atoms with E-state index in [9.17, 15) is 9.59 Å². The zero-order valence-corrected chi connectivity index (χ0v) is 20.1. The first-order chi connectivity index (χ1) is 15.3. The smallest absolute Gasteiger partial charge is 0.338 e. The summed E-state index contributed by atoms with van der Waals surface area (Å²) in [5.41, 5.74) is 4.19. The van der Waals surface area contributed by atoms with E-state index in [0.29, 0.717) is 17.7 Å². The van der Waals surface area contributed by atoms with Crippen molar-refractivity contribution in [3.8, 4) is 0 Å². The molecule has 1 aromatic carbocycles. The number of benzene rings is 1. The van der Waals surface area contributed by atoms with Crippen molar-refractivity contribution >= 4 is 28.8 Å². The van der Waals surface area contributed by atoms with Crippen LogP contribution >= 0.6 is 11.8 Å². The molecule has 0 radical (unpaired) electrons. The maximum absolute atomic E-state index is 13.2. The van der Waals surface area contributed by atoms with Gasteiger partial charge in [-0.15, -0.1) is 0 Å². The molecule has 0 aliphatic carbocycles. The topological polar surface area (TPSA) is 62.2 Å². The first-order valence-corrected chi connectivity index (χ1v) is 12.2. The molecule has 0 aromatic heterocycles. The number of aryl methyl sites for hydroxylation is 1. The van der Waals surface area contributed by atoms with Gasteiger partial charge in [-0.3, -0.25) is 4.79 Å². The molecule has 7 heteroatoms. The number of aliphatic imine (C=N–C) groups is 1. The van der Waals surface area contributed by atoms with Gasteiger partial charge in [0.2, 0.25) is 5.91 Å². The van der Waals surface area contributed by atoms with Crippen LogP contribution in [0.25, 0.3) is 0 Å². The lowest BCUT2D eigenvalue weighted by Crippen LogP contribution is -2.40. The van der Waals surface area contributed by atoms with Crippen LogP contribution in [-0.2, 0) is 14.3 Å². The predicted molar refractivity (Wildman–Crippen MR) is 128 cm³/mol. The van der Waals surface area contributed by atoms with E-state index >= 15 is 0 Å². The predicted octanol–water partition coefficient (Wildman–Crippen LogP) is 4.92. The van der Waals surface area contributed by atoms with Crippen LogP contribution in [0.4, 0.5) is 0 Å². The van der Waals surface area contributed by atoms with Crippen molar-refractivity contribution in [2.45, 2.75) is 65.5 Å². The summed E-state index contributed by atoms with van der Waals surface area (Å²) in [6.07, 6.45) is 3.39. The molecule has 0 bridgehead atoms. The van der Waals surface area contributed by atoms with Gasteiger partial charge in [-0.1, -0.05) is 41.6 Å². The van der Waals surface area contributed by atoms with Crippen molar-refractivity contribution in [3.63, 3.8) is 0 Å². The molecule has 4 rings (SSSR count). The lowest BCUT2D eigenvalue weighted by atomic mass is 9.93. The van der Waals surface area contributed by atoms with E-state index < -0.39 is 0 Å². The third kappa shape index (κ3) is 4.63. The highest BCUT2D eigenvalue weighted by molar-refractivity contribution is 8.16. The number of piperidine rings is 1. The number of rotatable bonds is 5. The minimum atomic E-state index is -0.371. The largest absolute Gasteiger partial charge is 0.459 e. The first-order valence-electron chi connectivity index (χ1n) is 11.3. The average Bonchev–Trinajstić information content (AvgIpc) is 3.14. The van der Waals surface area contributed by atoms with Gasteiger partial charge in [0.1, 0.15) is 0 Å². The molecule has 0 unspecified atom stereocenters. The summed E-state index contributed by atoms with van der Waals surface area (Å²) in [5.74, 6) is -0.219. The van der Waals surface area contributed by atoms with Crippen LogP contribution in [0.5, 0.6) is 0 Å². The summed E-state index contributed by atoms with van der Waals surface area (Å²) < 4.78 is 5.61. The minimum absolute atomic E-state index is 0.137. The molecule has 0 N–H and O–H groups in total. The first kappa shape index (κ1) is 22.6. The number of ether oxygens (including phenoxy) is 1. The lowest BCUT2D eigenvalue weighted by Gasteiger charge is -2.37. The fourth-order valence-corrected chi connectivity index (χ4v) is 5.44. The summed E-state index contributed by atoms with van der Waals surface area (Å²) >= 11 is 1.51. The molecule has 1 saturated heterocycles. The minimum Gasteiger partial charge on any atom is -0.459 e. The highest BCUT2D eigenvalue weighted by Crippen LogP contribution is 2.45. The summed E-state index contributed by atoms with van der Waals surface area (Å²) in [6, 6.07) is 7.80. The Labute approximate surface area is 194 Å². The van der Waals surface area contributed by atoms with Gasteiger partial charge in [0, 0.05) is 18.8 Å².